The number of rotatable bonds is 2. The van der Waals surface area contributed by atoms with Crippen LogP contribution in [0.3, 0.4) is 0 Å². The summed E-state index contributed by atoms with van der Waals surface area (Å²) < 4.78 is 2.89. The average molecular weight is 461 g/mol. The van der Waals surface area contributed by atoms with Crippen molar-refractivity contribution in [2.24, 2.45) is 0 Å². The molecule has 13 heavy (non-hydrogen) atoms. The van der Waals surface area contributed by atoms with E-state index >= 15 is 0 Å². The summed E-state index contributed by atoms with van der Waals surface area (Å²) in [7, 11) is 0. The summed E-state index contributed by atoms with van der Waals surface area (Å²) in [5.74, 6) is -1.80. The number of carboxylic acid groups (broad SMARTS) is 2. The van der Waals surface area contributed by atoms with Crippen molar-refractivity contribution < 1.29 is 39.3 Å². The van der Waals surface area contributed by atoms with Crippen LogP contribution < -0.4 is 0 Å². The van der Waals surface area contributed by atoms with Gasteiger partial charge in [0.1, 0.15) is 0 Å². The van der Waals surface area contributed by atoms with Crippen molar-refractivity contribution in [3.63, 3.8) is 0 Å². The van der Waals surface area contributed by atoms with Gasteiger partial charge in [0.2, 0.25) is 0 Å². The molecule has 4 nitrogen and oxygen atoms in total. The standard InChI is InChI=1S/2C3H3IO2.Zn/c2*4-2-1-3(5)6;/h2*1-2H,(H,5,6);. The van der Waals surface area contributed by atoms with E-state index in [2.05, 4.69) is 0 Å². The van der Waals surface area contributed by atoms with E-state index < -0.39 is 11.9 Å². The number of hydrogen-bond acceptors (Lipinski definition) is 2. The number of halogens is 2. The summed E-state index contributed by atoms with van der Waals surface area (Å²) in [5, 5.41) is 15.6. The largest absolute Gasteiger partial charge is 0.478 e. The summed E-state index contributed by atoms with van der Waals surface area (Å²) in [5.41, 5.74) is 0. The molecule has 0 unspecified atom stereocenters. The first-order chi connectivity index (χ1) is 5.54. The molecule has 2 N–H and O–H groups in total. The van der Waals surface area contributed by atoms with Gasteiger partial charge in [-0.05, 0) is 8.17 Å². The van der Waals surface area contributed by atoms with Crippen LogP contribution in [0, 0.1) is 0 Å². The maximum Gasteiger partial charge on any atom is 0.328 e. The molecule has 0 spiro atoms. The average Bonchev–Trinajstić information content (AvgIpc) is 1.87. The van der Waals surface area contributed by atoms with Crippen LogP contribution in [-0.4, -0.2) is 22.2 Å². The van der Waals surface area contributed by atoms with Gasteiger partial charge < -0.3 is 10.2 Å². The Bertz CT molecular complexity index is 181. The molecule has 7 heteroatoms. The SMILES string of the molecule is O=C(O)C=CI.O=C(O)C=CI.[Zn]. The monoisotopic (exact) mass is 460 g/mol. The molecule has 0 aromatic carbocycles. The van der Waals surface area contributed by atoms with Gasteiger partial charge >= 0.3 is 11.9 Å². The molecular formula is C6H6I2O4Zn. The van der Waals surface area contributed by atoms with Crippen molar-refractivity contribution in [2.75, 3.05) is 0 Å². The summed E-state index contributed by atoms with van der Waals surface area (Å²) in [6.07, 6.45) is 2.14. The Morgan fingerprint density at radius 1 is 0.923 bits per heavy atom. The van der Waals surface area contributed by atoms with Crippen molar-refractivity contribution >= 4 is 57.1 Å². The van der Waals surface area contributed by atoms with Gasteiger partial charge in [0.25, 0.3) is 0 Å². The molecule has 0 heterocycles. The predicted octanol–water partition coefficient (Wildman–Crippen LogP) is 2.04. The van der Waals surface area contributed by atoms with Gasteiger partial charge in [-0.15, -0.1) is 0 Å². The van der Waals surface area contributed by atoms with Crippen LogP contribution in [0.15, 0.2) is 20.3 Å². The molecule has 0 aliphatic carbocycles. The molecule has 0 aromatic heterocycles. The van der Waals surface area contributed by atoms with Crippen molar-refractivity contribution in [2.45, 2.75) is 0 Å². The third-order valence-electron chi connectivity index (χ3n) is 0.411. The summed E-state index contributed by atoms with van der Waals surface area (Å²) in [4.78, 5) is 19.0. The molecular weight excluding hydrogens is 455 g/mol. The second kappa shape index (κ2) is 15.0. The maximum atomic E-state index is 9.51. The third-order valence-corrected chi connectivity index (χ3v) is 1.13. The van der Waals surface area contributed by atoms with Crippen molar-refractivity contribution in [1.82, 2.24) is 0 Å². The van der Waals surface area contributed by atoms with Crippen LogP contribution in [0.1, 0.15) is 0 Å². The Morgan fingerprint density at radius 3 is 1.15 bits per heavy atom. The molecule has 70 valence electrons. The number of carboxylic acids is 2. The smallest absolute Gasteiger partial charge is 0.328 e. The summed E-state index contributed by atoms with van der Waals surface area (Å²) in [6, 6.07) is 0. The van der Waals surface area contributed by atoms with Gasteiger partial charge in [0.05, 0.1) is 0 Å². The fourth-order valence-electron chi connectivity index (χ4n) is 0.108. The van der Waals surface area contributed by atoms with E-state index in [0.717, 1.165) is 12.2 Å². The summed E-state index contributed by atoms with van der Waals surface area (Å²) >= 11 is 3.68. The topological polar surface area (TPSA) is 74.6 Å². The van der Waals surface area contributed by atoms with Crippen LogP contribution >= 0.6 is 45.2 Å². The quantitative estimate of drug-likeness (QED) is 0.375. The van der Waals surface area contributed by atoms with Gasteiger partial charge in [0.15, 0.2) is 0 Å². The Balaban J connectivity index is -0.000000143. The molecule has 0 aromatic rings. The molecule has 0 rings (SSSR count). The van der Waals surface area contributed by atoms with E-state index in [9.17, 15) is 9.59 Å². The Hall–Kier alpha value is 0.503. The van der Waals surface area contributed by atoms with E-state index in [1.165, 1.54) is 8.17 Å². The van der Waals surface area contributed by atoms with E-state index in [1.807, 2.05) is 45.2 Å². The van der Waals surface area contributed by atoms with Gasteiger partial charge in [-0.1, -0.05) is 45.2 Å². The van der Waals surface area contributed by atoms with Crippen molar-refractivity contribution in [3.8, 4) is 0 Å². The minimum atomic E-state index is -0.899. The summed E-state index contributed by atoms with van der Waals surface area (Å²) in [6.45, 7) is 0. The van der Waals surface area contributed by atoms with Crippen LogP contribution in [0.4, 0.5) is 0 Å². The molecule has 0 amide bonds. The zero-order valence-corrected chi connectivity index (χ0v) is 13.8. The number of carbonyl (C=O) groups is 2. The van der Waals surface area contributed by atoms with Crippen LogP contribution in [0.25, 0.3) is 0 Å². The Kier molecular flexibility index (Phi) is 22.1. The first-order valence-corrected chi connectivity index (χ1v) is 5.03. The Labute approximate surface area is 116 Å². The van der Waals surface area contributed by atoms with Crippen LogP contribution in [0.5, 0.6) is 0 Å². The van der Waals surface area contributed by atoms with Gasteiger partial charge in [-0.2, -0.15) is 0 Å². The van der Waals surface area contributed by atoms with Crippen molar-refractivity contribution in [3.05, 3.63) is 20.3 Å². The molecule has 0 bridgehead atoms. The van der Waals surface area contributed by atoms with Crippen molar-refractivity contribution in [1.29, 1.82) is 0 Å². The molecule has 0 radical (unpaired) electrons. The minimum Gasteiger partial charge on any atom is -0.478 e. The first-order valence-electron chi connectivity index (χ1n) is 2.54. The molecule has 0 atom stereocenters. The fraction of sp³-hybridized carbons (Fsp3) is 0. The third kappa shape index (κ3) is 32.6. The van der Waals surface area contributed by atoms with Gasteiger partial charge in [0, 0.05) is 31.6 Å². The number of hydrogen-bond donors (Lipinski definition) is 2. The van der Waals surface area contributed by atoms with E-state index in [-0.39, 0.29) is 19.5 Å². The van der Waals surface area contributed by atoms with Gasteiger partial charge in [-0.3, -0.25) is 0 Å². The Morgan fingerprint density at radius 2 is 1.15 bits per heavy atom. The van der Waals surface area contributed by atoms with Crippen LogP contribution in [-0.2, 0) is 29.1 Å². The van der Waals surface area contributed by atoms with E-state index in [1.54, 1.807) is 0 Å². The second-order valence-corrected chi connectivity index (χ2v) is 2.70. The maximum absolute atomic E-state index is 9.51. The minimum absolute atomic E-state index is 0. The second-order valence-electron chi connectivity index (χ2n) is 1.26. The molecule has 0 saturated carbocycles. The predicted molar refractivity (Wildman–Crippen MR) is 61.6 cm³/mol. The van der Waals surface area contributed by atoms with E-state index in [4.69, 9.17) is 10.2 Å². The van der Waals surface area contributed by atoms with Crippen LogP contribution in [0.2, 0.25) is 0 Å². The van der Waals surface area contributed by atoms with E-state index in [0.29, 0.717) is 0 Å². The zero-order valence-electron chi connectivity index (χ0n) is 6.48. The normalized spacial score (nSPS) is 8.77. The molecule has 0 aliphatic rings. The number of aliphatic carboxylic acids is 2. The molecule has 0 aliphatic heterocycles. The molecule has 0 saturated heterocycles. The fourth-order valence-corrected chi connectivity index (χ4v) is 0.723. The van der Waals surface area contributed by atoms with Gasteiger partial charge in [-0.25, -0.2) is 9.59 Å². The molecule has 0 fully saturated rings. The zero-order chi connectivity index (χ0) is 9.98. The first kappa shape index (κ1) is 19.1.